The number of likely N-dealkylation sites (N-methyl/N-ethyl adjacent to an activating group) is 1. The van der Waals surface area contributed by atoms with E-state index in [1.807, 2.05) is 37.3 Å². The lowest BCUT2D eigenvalue weighted by Crippen LogP contribution is -2.32. The molecule has 2 aromatic carbocycles. The average molecular weight is 525 g/mol. The Morgan fingerprint density at radius 2 is 1.90 bits per heavy atom. The molecule has 8 heteroatoms. The maximum atomic E-state index is 13.3. The fourth-order valence-electron chi connectivity index (χ4n) is 5.12. The van der Waals surface area contributed by atoms with Gasteiger partial charge < -0.3 is 29.9 Å². The predicted molar refractivity (Wildman–Crippen MR) is 151 cm³/mol. The zero-order valence-corrected chi connectivity index (χ0v) is 22.7. The molecule has 0 spiro atoms. The van der Waals surface area contributed by atoms with Crippen LogP contribution in [0, 0.1) is 6.92 Å². The van der Waals surface area contributed by atoms with E-state index in [-0.39, 0.29) is 11.7 Å². The van der Waals surface area contributed by atoms with E-state index < -0.39 is 5.92 Å². The molecule has 8 nitrogen and oxygen atoms in total. The fraction of sp³-hybridized carbons (Fsp3) is 0.226. The van der Waals surface area contributed by atoms with Gasteiger partial charge in [-0.05, 0) is 68.8 Å². The van der Waals surface area contributed by atoms with Crippen molar-refractivity contribution < 1.29 is 19.4 Å². The number of amides is 1. The zero-order chi connectivity index (χ0) is 27.7. The predicted octanol–water partition coefficient (Wildman–Crippen LogP) is 4.05. The Kier molecular flexibility index (Phi) is 7.02. The maximum Gasteiger partial charge on any atom is 0.250 e. The molecule has 0 saturated heterocycles. The monoisotopic (exact) mass is 524 g/mol. The molecule has 0 bridgehead atoms. The van der Waals surface area contributed by atoms with Crippen molar-refractivity contribution in [3.63, 3.8) is 0 Å². The van der Waals surface area contributed by atoms with E-state index >= 15 is 0 Å². The number of nitrogens with zero attached hydrogens (tertiary/aromatic N) is 1. The van der Waals surface area contributed by atoms with Crippen molar-refractivity contribution >= 4 is 12.0 Å². The molecule has 0 aliphatic carbocycles. The van der Waals surface area contributed by atoms with Crippen LogP contribution in [0.1, 0.15) is 42.1 Å². The van der Waals surface area contributed by atoms with Gasteiger partial charge in [0.05, 0.1) is 36.6 Å². The first-order chi connectivity index (χ1) is 18.8. The van der Waals surface area contributed by atoms with Crippen molar-refractivity contribution in [1.82, 2.24) is 15.3 Å². The Hall–Kier alpha value is -4.72. The number of aromatic nitrogens is 2. The number of ether oxygens (including phenoxy) is 2. The molecular weight excluding hydrogens is 492 g/mol. The van der Waals surface area contributed by atoms with Crippen LogP contribution in [-0.4, -0.2) is 41.7 Å². The molecule has 1 amide bonds. The van der Waals surface area contributed by atoms with E-state index in [1.54, 1.807) is 33.3 Å². The summed E-state index contributed by atoms with van der Waals surface area (Å²) in [6, 6.07) is 17.6. The van der Waals surface area contributed by atoms with E-state index in [0.717, 1.165) is 17.0 Å². The highest BCUT2D eigenvalue weighted by Crippen LogP contribution is 2.42. The first-order valence-electron chi connectivity index (χ1n) is 12.8. The van der Waals surface area contributed by atoms with Crippen LogP contribution in [0.3, 0.4) is 0 Å². The second kappa shape index (κ2) is 10.6. The Bertz CT molecular complexity index is 1710. The lowest BCUT2D eigenvalue weighted by atomic mass is 9.82. The number of nitrogens with one attached hydrogen (secondary N) is 3. The molecule has 4 N–H and O–H groups in total. The van der Waals surface area contributed by atoms with Crippen molar-refractivity contribution in [3.8, 4) is 28.5 Å². The molecule has 200 valence electrons. The number of allylic oxidation sites excluding steroid dienone is 1. The Morgan fingerprint density at radius 3 is 2.62 bits per heavy atom. The molecule has 2 aromatic heterocycles. The molecular formula is C31H32N4O4. The van der Waals surface area contributed by atoms with Crippen molar-refractivity contribution in [2.75, 3.05) is 20.8 Å². The molecule has 1 aliphatic heterocycles. The van der Waals surface area contributed by atoms with Crippen LogP contribution in [0.15, 0.2) is 70.9 Å². The van der Waals surface area contributed by atoms with Crippen molar-refractivity contribution in [2.45, 2.75) is 26.7 Å². The van der Waals surface area contributed by atoms with Gasteiger partial charge in [-0.1, -0.05) is 23.8 Å². The zero-order valence-electron chi connectivity index (χ0n) is 22.7. The summed E-state index contributed by atoms with van der Waals surface area (Å²) in [4.78, 5) is 24.7. The molecule has 1 unspecified atom stereocenters. The second-order valence-electron chi connectivity index (χ2n) is 9.50. The maximum absolute atomic E-state index is 13.3. The van der Waals surface area contributed by atoms with Crippen LogP contribution in [0.4, 0.5) is 0 Å². The summed E-state index contributed by atoms with van der Waals surface area (Å²) < 4.78 is 11.2. The first kappa shape index (κ1) is 25.9. The Balaban J connectivity index is 1.68. The van der Waals surface area contributed by atoms with Gasteiger partial charge in [0, 0.05) is 29.2 Å². The van der Waals surface area contributed by atoms with Gasteiger partial charge in [-0.2, -0.15) is 0 Å². The van der Waals surface area contributed by atoms with E-state index in [4.69, 9.17) is 14.5 Å². The van der Waals surface area contributed by atoms with Crippen molar-refractivity contribution in [2.24, 2.45) is 4.99 Å². The van der Waals surface area contributed by atoms with Crippen LogP contribution in [0.2, 0.25) is 0 Å². The van der Waals surface area contributed by atoms with Crippen LogP contribution < -0.4 is 25.6 Å². The third-order valence-corrected chi connectivity index (χ3v) is 6.93. The van der Waals surface area contributed by atoms with Gasteiger partial charge in [0.2, 0.25) is 5.91 Å². The van der Waals surface area contributed by atoms with Gasteiger partial charge in [0.15, 0.2) is 0 Å². The van der Waals surface area contributed by atoms with Crippen LogP contribution in [0.25, 0.3) is 17.3 Å². The van der Waals surface area contributed by atoms with Gasteiger partial charge >= 0.3 is 0 Å². The van der Waals surface area contributed by atoms with Crippen molar-refractivity contribution in [3.05, 3.63) is 99.1 Å². The SMILES string of the molecule is CCNC(=O)C1=C(C)N=c2[nH]c(=Cc3ccc(-c4cccc(C)c4)[nH]3)c(O)c2C1c1cc(OC)ccc1OC. The van der Waals surface area contributed by atoms with Crippen molar-refractivity contribution in [1.29, 1.82) is 0 Å². The number of aromatic amines is 2. The fourth-order valence-corrected chi connectivity index (χ4v) is 5.12. The number of benzene rings is 2. The molecule has 4 aromatic rings. The molecule has 1 aliphatic rings. The normalized spacial score (nSPS) is 15.1. The number of rotatable bonds is 7. The molecule has 0 fully saturated rings. The number of hydrogen-bond acceptors (Lipinski definition) is 5. The summed E-state index contributed by atoms with van der Waals surface area (Å²) in [6.45, 7) is 6.18. The molecule has 3 heterocycles. The smallest absolute Gasteiger partial charge is 0.250 e. The molecule has 39 heavy (non-hydrogen) atoms. The number of aromatic hydroxyl groups is 1. The molecule has 1 atom stereocenters. The summed E-state index contributed by atoms with van der Waals surface area (Å²) in [7, 11) is 3.16. The lowest BCUT2D eigenvalue weighted by Gasteiger charge is -2.25. The molecule has 0 saturated carbocycles. The number of hydrogen-bond donors (Lipinski definition) is 4. The van der Waals surface area contributed by atoms with Crippen LogP contribution >= 0.6 is 0 Å². The summed E-state index contributed by atoms with van der Waals surface area (Å²) in [5.41, 5.74) is 6.72. The molecule has 5 rings (SSSR count). The number of carbonyl (C=O) groups excluding carboxylic acids is 1. The van der Waals surface area contributed by atoms with E-state index in [1.165, 1.54) is 5.56 Å². The largest absolute Gasteiger partial charge is 0.505 e. The minimum atomic E-state index is -0.640. The topological polar surface area (TPSA) is 112 Å². The average Bonchev–Trinajstić information content (AvgIpc) is 3.52. The van der Waals surface area contributed by atoms with Gasteiger partial charge in [-0.3, -0.25) is 4.79 Å². The highest BCUT2D eigenvalue weighted by atomic mass is 16.5. The Morgan fingerprint density at radius 1 is 1.08 bits per heavy atom. The summed E-state index contributed by atoms with van der Waals surface area (Å²) in [5.74, 6) is 0.308. The van der Waals surface area contributed by atoms with Gasteiger partial charge in [0.1, 0.15) is 22.7 Å². The van der Waals surface area contributed by atoms with Crippen LogP contribution in [0.5, 0.6) is 17.2 Å². The highest BCUT2D eigenvalue weighted by molar-refractivity contribution is 5.97. The number of carbonyl (C=O) groups is 1. The minimum Gasteiger partial charge on any atom is -0.505 e. The lowest BCUT2D eigenvalue weighted by molar-refractivity contribution is -0.117. The number of methoxy groups -OCH3 is 2. The quantitative estimate of drug-likeness (QED) is 0.292. The van der Waals surface area contributed by atoms with E-state index in [9.17, 15) is 9.90 Å². The van der Waals surface area contributed by atoms with Crippen LogP contribution in [-0.2, 0) is 4.79 Å². The molecule has 0 radical (unpaired) electrons. The summed E-state index contributed by atoms with van der Waals surface area (Å²) in [5, 5.41) is 15.0. The standard InChI is InChI=1S/C31H32N4O4/c1-6-32-31(37)26-18(3)33-30-28(27(26)22-16-21(38-4)11-13-25(22)39-5)29(36)24(35-30)15-20-10-12-23(34-20)19-9-7-8-17(2)14-19/h7-16,27,34,36H,6H2,1-5H3,(H,32,37)(H,33,35). The van der Waals surface area contributed by atoms with Gasteiger partial charge in [0.25, 0.3) is 0 Å². The third-order valence-electron chi connectivity index (χ3n) is 6.93. The first-order valence-corrected chi connectivity index (χ1v) is 12.8. The summed E-state index contributed by atoms with van der Waals surface area (Å²) in [6.07, 6.45) is 1.84. The third kappa shape index (κ3) is 4.81. The Labute approximate surface area is 226 Å². The van der Waals surface area contributed by atoms with E-state index in [2.05, 4.69) is 40.4 Å². The van der Waals surface area contributed by atoms with E-state index in [0.29, 0.717) is 51.3 Å². The van der Waals surface area contributed by atoms with Gasteiger partial charge in [-0.15, -0.1) is 0 Å². The number of fused-ring (bicyclic) bond motifs is 1. The highest BCUT2D eigenvalue weighted by Gasteiger charge is 2.36. The minimum absolute atomic E-state index is 0.0182. The van der Waals surface area contributed by atoms with Gasteiger partial charge in [-0.25, -0.2) is 4.99 Å². The number of aryl methyl sites for hydroxylation is 1. The second-order valence-corrected chi connectivity index (χ2v) is 9.50. The number of H-pyrrole nitrogens is 2. The summed E-state index contributed by atoms with van der Waals surface area (Å²) >= 11 is 0.